The van der Waals surface area contributed by atoms with Crippen molar-refractivity contribution in [3.8, 4) is 0 Å². The number of piperazine rings is 1. The normalized spacial score (nSPS) is 21.1. The van der Waals surface area contributed by atoms with Crippen LogP contribution in [0.15, 0.2) is 16.5 Å². The monoisotopic (exact) mass is 279 g/mol. The number of hydrogen-bond acceptors (Lipinski definition) is 4. The minimum absolute atomic E-state index is 0.125. The minimum Gasteiger partial charge on any atom is -0.466 e. The third kappa shape index (κ3) is 4.35. The second-order valence-electron chi connectivity index (χ2n) is 5.71. The number of nitrogens with one attached hydrogen (secondary N) is 1. The molecule has 20 heavy (non-hydrogen) atoms. The van der Waals surface area contributed by atoms with Crippen LogP contribution < -0.4 is 5.32 Å². The van der Waals surface area contributed by atoms with E-state index >= 15 is 0 Å². The van der Waals surface area contributed by atoms with Gasteiger partial charge in [0.25, 0.3) is 0 Å². The number of furan rings is 1. The van der Waals surface area contributed by atoms with E-state index in [-0.39, 0.29) is 5.91 Å². The Hall–Kier alpha value is -1.33. The van der Waals surface area contributed by atoms with Gasteiger partial charge in [-0.2, -0.15) is 0 Å². The summed E-state index contributed by atoms with van der Waals surface area (Å²) in [6.45, 7) is 5.63. The third-order valence-corrected chi connectivity index (χ3v) is 3.89. The number of aryl methyl sites for hydroxylation is 1. The number of nitrogens with zero attached hydrogens (tertiary/aromatic N) is 2. The standard InChI is InChI=1S/C15H25N3O2/c1-12-4-5-14(20-12)6-7-16-15(19)10-13-11-17(2)8-9-18(13)3/h4-5,13H,6-11H2,1-3H3,(H,16,19)/t13-/m1/s1. The van der Waals surface area contributed by atoms with Gasteiger partial charge in [0, 0.05) is 45.1 Å². The maximum atomic E-state index is 12.0. The molecule has 0 aliphatic carbocycles. The molecule has 1 aromatic heterocycles. The highest BCUT2D eigenvalue weighted by Crippen LogP contribution is 2.09. The number of amides is 1. The van der Waals surface area contributed by atoms with Crippen molar-refractivity contribution in [1.82, 2.24) is 15.1 Å². The molecule has 1 aliphatic rings. The summed E-state index contributed by atoms with van der Waals surface area (Å²) in [5.74, 6) is 1.97. The maximum Gasteiger partial charge on any atom is 0.221 e. The molecule has 1 amide bonds. The van der Waals surface area contributed by atoms with Crippen LogP contribution in [0.1, 0.15) is 17.9 Å². The van der Waals surface area contributed by atoms with Gasteiger partial charge in [0.1, 0.15) is 11.5 Å². The van der Waals surface area contributed by atoms with Crippen molar-refractivity contribution in [2.45, 2.75) is 25.8 Å². The first kappa shape index (κ1) is 15.1. The Kier molecular flexibility index (Phi) is 5.20. The number of likely N-dealkylation sites (N-methyl/N-ethyl adjacent to an activating group) is 2. The van der Waals surface area contributed by atoms with Crippen LogP contribution in [0.2, 0.25) is 0 Å². The number of carbonyl (C=O) groups excluding carboxylic acids is 1. The highest BCUT2D eigenvalue weighted by Gasteiger charge is 2.24. The molecule has 1 fully saturated rings. The lowest BCUT2D eigenvalue weighted by atomic mass is 10.1. The van der Waals surface area contributed by atoms with Gasteiger partial charge in [-0.1, -0.05) is 0 Å². The summed E-state index contributed by atoms with van der Waals surface area (Å²) in [7, 11) is 4.20. The largest absolute Gasteiger partial charge is 0.466 e. The Morgan fingerprint density at radius 2 is 2.20 bits per heavy atom. The average molecular weight is 279 g/mol. The summed E-state index contributed by atoms with van der Waals surface area (Å²) in [6.07, 6.45) is 1.32. The third-order valence-electron chi connectivity index (χ3n) is 3.89. The first-order valence-electron chi connectivity index (χ1n) is 7.25. The van der Waals surface area contributed by atoms with E-state index in [0.29, 0.717) is 19.0 Å². The Morgan fingerprint density at radius 3 is 2.90 bits per heavy atom. The second kappa shape index (κ2) is 6.90. The van der Waals surface area contributed by atoms with E-state index in [2.05, 4.69) is 29.2 Å². The molecule has 5 heteroatoms. The molecule has 0 unspecified atom stereocenters. The topological polar surface area (TPSA) is 48.7 Å². The number of carbonyl (C=O) groups is 1. The Balaban J connectivity index is 1.69. The molecule has 0 spiro atoms. The molecule has 5 nitrogen and oxygen atoms in total. The second-order valence-corrected chi connectivity index (χ2v) is 5.71. The highest BCUT2D eigenvalue weighted by molar-refractivity contribution is 5.76. The summed E-state index contributed by atoms with van der Waals surface area (Å²) in [5.41, 5.74) is 0. The molecular weight excluding hydrogens is 254 g/mol. The Labute approximate surface area is 120 Å². The predicted octanol–water partition coefficient (Wildman–Crippen LogP) is 0.883. The summed E-state index contributed by atoms with van der Waals surface area (Å²) in [6, 6.07) is 4.23. The van der Waals surface area contributed by atoms with Crippen LogP contribution in [0.3, 0.4) is 0 Å². The molecule has 1 aromatic rings. The molecule has 2 rings (SSSR count). The number of hydrogen-bond donors (Lipinski definition) is 1. The SMILES string of the molecule is Cc1ccc(CCNC(=O)C[C@@H]2CN(C)CCN2C)o1. The lowest BCUT2D eigenvalue weighted by Gasteiger charge is -2.37. The summed E-state index contributed by atoms with van der Waals surface area (Å²) < 4.78 is 5.48. The average Bonchev–Trinajstić information content (AvgIpc) is 2.80. The van der Waals surface area contributed by atoms with Crippen LogP contribution in [-0.4, -0.2) is 62.0 Å². The fourth-order valence-corrected chi connectivity index (χ4v) is 2.55. The first-order valence-corrected chi connectivity index (χ1v) is 7.25. The van der Waals surface area contributed by atoms with Crippen LogP contribution in [0.4, 0.5) is 0 Å². The molecular formula is C15H25N3O2. The molecule has 0 bridgehead atoms. The summed E-state index contributed by atoms with van der Waals surface area (Å²) in [5, 5.41) is 2.98. The quantitative estimate of drug-likeness (QED) is 0.869. The lowest BCUT2D eigenvalue weighted by molar-refractivity contribution is -0.122. The minimum atomic E-state index is 0.125. The zero-order valence-electron chi connectivity index (χ0n) is 12.7. The first-order chi connectivity index (χ1) is 9.54. The highest BCUT2D eigenvalue weighted by atomic mass is 16.3. The van der Waals surface area contributed by atoms with Crippen molar-refractivity contribution >= 4 is 5.91 Å². The Bertz CT molecular complexity index is 444. The van der Waals surface area contributed by atoms with Gasteiger partial charge < -0.3 is 19.5 Å². The molecule has 0 radical (unpaired) electrons. The molecule has 1 atom stereocenters. The van der Waals surface area contributed by atoms with Gasteiger partial charge in [-0.3, -0.25) is 4.79 Å². The van der Waals surface area contributed by atoms with Gasteiger partial charge in [-0.15, -0.1) is 0 Å². The molecule has 0 saturated carbocycles. The molecule has 0 aromatic carbocycles. The van der Waals surface area contributed by atoms with Gasteiger partial charge in [0.05, 0.1) is 0 Å². The van der Waals surface area contributed by atoms with Crippen molar-refractivity contribution in [2.75, 3.05) is 40.3 Å². The zero-order valence-corrected chi connectivity index (χ0v) is 12.7. The van der Waals surface area contributed by atoms with Crippen LogP contribution >= 0.6 is 0 Å². The van der Waals surface area contributed by atoms with E-state index in [1.807, 2.05) is 19.1 Å². The van der Waals surface area contributed by atoms with E-state index < -0.39 is 0 Å². The van der Waals surface area contributed by atoms with Crippen LogP contribution in [0, 0.1) is 6.92 Å². The van der Waals surface area contributed by atoms with Gasteiger partial charge >= 0.3 is 0 Å². The van der Waals surface area contributed by atoms with E-state index in [0.717, 1.165) is 37.6 Å². The van der Waals surface area contributed by atoms with Gasteiger partial charge in [-0.05, 0) is 33.2 Å². The van der Waals surface area contributed by atoms with E-state index in [1.54, 1.807) is 0 Å². The molecule has 112 valence electrons. The van der Waals surface area contributed by atoms with Crippen molar-refractivity contribution in [1.29, 1.82) is 0 Å². The van der Waals surface area contributed by atoms with Crippen molar-refractivity contribution in [3.63, 3.8) is 0 Å². The molecule has 1 aliphatic heterocycles. The maximum absolute atomic E-state index is 12.0. The smallest absolute Gasteiger partial charge is 0.221 e. The molecule has 1 N–H and O–H groups in total. The van der Waals surface area contributed by atoms with Crippen LogP contribution in [0.5, 0.6) is 0 Å². The van der Waals surface area contributed by atoms with Crippen molar-refractivity contribution < 1.29 is 9.21 Å². The lowest BCUT2D eigenvalue weighted by Crippen LogP contribution is -2.51. The fourth-order valence-electron chi connectivity index (χ4n) is 2.55. The van der Waals surface area contributed by atoms with Gasteiger partial charge in [-0.25, -0.2) is 0 Å². The van der Waals surface area contributed by atoms with Crippen molar-refractivity contribution in [2.24, 2.45) is 0 Å². The van der Waals surface area contributed by atoms with E-state index in [4.69, 9.17) is 4.42 Å². The molecule has 1 saturated heterocycles. The predicted molar refractivity (Wildman–Crippen MR) is 78.7 cm³/mol. The van der Waals surface area contributed by atoms with Gasteiger partial charge in [0.2, 0.25) is 5.91 Å². The fraction of sp³-hybridized carbons (Fsp3) is 0.667. The molecule has 2 heterocycles. The van der Waals surface area contributed by atoms with Crippen LogP contribution in [0.25, 0.3) is 0 Å². The number of rotatable bonds is 5. The van der Waals surface area contributed by atoms with E-state index in [1.165, 1.54) is 0 Å². The van der Waals surface area contributed by atoms with Gasteiger partial charge in [0.15, 0.2) is 0 Å². The van der Waals surface area contributed by atoms with E-state index in [9.17, 15) is 4.79 Å². The van der Waals surface area contributed by atoms with Crippen LogP contribution in [-0.2, 0) is 11.2 Å². The van der Waals surface area contributed by atoms with Crippen molar-refractivity contribution in [3.05, 3.63) is 23.7 Å². The Morgan fingerprint density at radius 1 is 1.40 bits per heavy atom. The summed E-state index contributed by atoms with van der Waals surface area (Å²) in [4.78, 5) is 16.5. The zero-order chi connectivity index (χ0) is 14.5. The summed E-state index contributed by atoms with van der Waals surface area (Å²) >= 11 is 0.